The topological polar surface area (TPSA) is 20.3 Å². The summed E-state index contributed by atoms with van der Waals surface area (Å²) in [6, 6.07) is 4.67. The number of benzene rings is 1. The van der Waals surface area contributed by atoms with Crippen molar-refractivity contribution in [3.05, 3.63) is 34.6 Å². The molecule has 1 aromatic rings. The van der Waals surface area contributed by atoms with Gasteiger partial charge in [0, 0.05) is 23.9 Å². The Morgan fingerprint density at radius 1 is 1.55 bits per heavy atom. The molecule has 2 nitrogen and oxygen atoms in total. The maximum absolute atomic E-state index is 13.6. The molecule has 1 aliphatic heterocycles. The summed E-state index contributed by atoms with van der Waals surface area (Å²) < 4.78 is 13.6. The standard InChI is InChI=1S/C15H19ClFNOS/c1-11-3-2-6-18(8-11)15(19)10-20-9-12-4-5-13(16)7-14(12)17/h4-5,7,11H,2-3,6,8-10H2,1H3. The molecule has 20 heavy (non-hydrogen) atoms. The first-order valence-corrected chi connectivity index (χ1v) is 8.39. The van der Waals surface area contributed by atoms with Gasteiger partial charge in [0.2, 0.25) is 5.91 Å². The molecule has 1 fully saturated rings. The summed E-state index contributed by atoms with van der Waals surface area (Å²) in [5, 5.41) is 0.398. The van der Waals surface area contributed by atoms with E-state index < -0.39 is 0 Å². The second-order valence-corrected chi connectivity index (χ2v) is 6.74. The predicted molar refractivity (Wildman–Crippen MR) is 82.6 cm³/mol. The molecule has 0 bridgehead atoms. The molecule has 1 amide bonds. The van der Waals surface area contributed by atoms with Gasteiger partial charge in [0.05, 0.1) is 5.75 Å². The van der Waals surface area contributed by atoms with Crippen molar-refractivity contribution in [2.75, 3.05) is 18.8 Å². The minimum absolute atomic E-state index is 0.163. The summed E-state index contributed by atoms with van der Waals surface area (Å²) in [5.41, 5.74) is 0.596. The van der Waals surface area contributed by atoms with Crippen molar-refractivity contribution >= 4 is 29.3 Å². The monoisotopic (exact) mass is 315 g/mol. The van der Waals surface area contributed by atoms with Crippen LogP contribution >= 0.6 is 23.4 Å². The van der Waals surface area contributed by atoms with E-state index in [1.54, 1.807) is 12.1 Å². The van der Waals surface area contributed by atoms with E-state index >= 15 is 0 Å². The summed E-state index contributed by atoms with van der Waals surface area (Å²) in [5.74, 6) is 1.36. The van der Waals surface area contributed by atoms with Crippen LogP contribution < -0.4 is 0 Å². The van der Waals surface area contributed by atoms with E-state index in [1.807, 2.05) is 4.90 Å². The number of amides is 1. The number of halogens is 2. The van der Waals surface area contributed by atoms with E-state index in [9.17, 15) is 9.18 Å². The number of rotatable bonds is 4. The van der Waals surface area contributed by atoms with Crippen LogP contribution in [0.5, 0.6) is 0 Å². The minimum atomic E-state index is -0.302. The fourth-order valence-electron chi connectivity index (χ4n) is 2.39. The highest BCUT2D eigenvalue weighted by atomic mass is 35.5. The van der Waals surface area contributed by atoms with Crippen LogP contribution in [0.3, 0.4) is 0 Å². The average Bonchev–Trinajstić information content (AvgIpc) is 2.41. The van der Waals surface area contributed by atoms with Crippen molar-refractivity contribution in [3.63, 3.8) is 0 Å². The minimum Gasteiger partial charge on any atom is -0.342 e. The van der Waals surface area contributed by atoms with Crippen LogP contribution in [0.1, 0.15) is 25.3 Å². The Bertz CT molecular complexity index is 483. The Balaban J connectivity index is 1.79. The van der Waals surface area contributed by atoms with Gasteiger partial charge in [0.1, 0.15) is 5.82 Å². The SMILES string of the molecule is CC1CCCN(C(=O)CSCc2ccc(Cl)cc2F)C1. The molecule has 1 saturated heterocycles. The van der Waals surface area contributed by atoms with Crippen LogP contribution in [0.4, 0.5) is 4.39 Å². The molecule has 0 aromatic heterocycles. The number of hydrogen-bond acceptors (Lipinski definition) is 2. The molecule has 110 valence electrons. The molecular weight excluding hydrogens is 297 g/mol. The van der Waals surface area contributed by atoms with E-state index in [2.05, 4.69) is 6.92 Å². The molecule has 0 aliphatic carbocycles. The van der Waals surface area contributed by atoms with E-state index in [4.69, 9.17) is 11.6 Å². The Labute approximate surface area is 128 Å². The summed E-state index contributed by atoms with van der Waals surface area (Å²) in [4.78, 5) is 14.0. The van der Waals surface area contributed by atoms with Crippen LogP contribution in [-0.2, 0) is 10.5 Å². The molecule has 5 heteroatoms. The van der Waals surface area contributed by atoms with Crippen molar-refractivity contribution in [1.82, 2.24) is 4.90 Å². The molecule has 1 aromatic carbocycles. The fourth-order valence-corrected chi connectivity index (χ4v) is 3.47. The smallest absolute Gasteiger partial charge is 0.232 e. The zero-order valence-corrected chi connectivity index (χ0v) is 13.1. The van der Waals surface area contributed by atoms with Gasteiger partial charge in [-0.25, -0.2) is 4.39 Å². The lowest BCUT2D eigenvalue weighted by Gasteiger charge is -2.30. The highest BCUT2D eigenvalue weighted by Gasteiger charge is 2.20. The highest BCUT2D eigenvalue weighted by molar-refractivity contribution is 7.99. The van der Waals surface area contributed by atoms with Gasteiger partial charge >= 0.3 is 0 Å². The number of likely N-dealkylation sites (tertiary alicyclic amines) is 1. The summed E-state index contributed by atoms with van der Waals surface area (Å²) in [6.07, 6.45) is 2.29. The largest absolute Gasteiger partial charge is 0.342 e. The molecule has 0 saturated carbocycles. The zero-order valence-electron chi connectivity index (χ0n) is 11.6. The molecular formula is C15H19ClFNOS. The third kappa shape index (κ3) is 4.38. The number of hydrogen-bond donors (Lipinski definition) is 0. The van der Waals surface area contributed by atoms with Crippen molar-refractivity contribution in [3.8, 4) is 0 Å². The van der Waals surface area contributed by atoms with Gasteiger partial charge in [-0.1, -0.05) is 24.6 Å². The molecule has 0 radical (unpaired) electrons. The second kappa shape index (κ2) is 7.32. The van der Waals surface area contributed by atoms with Gasteiger partial charge in [-0.05, 0) is 36.5 Å². The molecule has 2 rings (SSSR count). The Hall–Kier alpha value is -0.740. The van der Waals surface area contributed by atoms with Crippen molar-refractivity contribution in [2.45, 2.75) is 25.5 Å². The maximum Gasteiger partial charge on any atom is 0.232 e. The van der Waals surface area contributed by atoms with E-state index in [1.165, 1.54) is 24.2 Å². The summed E-state index contributed by atoms with van der Waals surface area (Å²) >= 11 is 7.16. The average molecular weight is 316 g/mol. The molecule has 0 spiro atoms. The van der Waals surface area contributed by atoms with Crippen LogP contribution in [-0.4, -0.2) is 29.6 Å². The van der Waals surface area contributed by atoms with Crippen LogP contribution in [0, 0.1) is 11.7 Å². The Morgan fingerprint density at radius 2 is 2.35 bits per heavy atom. The van der Waals surface area contributed by atoms with E-state index in [-0.39, 0.29) is 11.7 Å². The van der Waals surface area contributed by atoms with Gasteiger partial charge in [0.25, 0.3) is 0 Å². The van der Waals surface area contributed by atoms with Gasteiger partial charge in [-0.3, -0.25) is 4.79 Å². The third-order valence-corrected chi connectivity index (χ3v) is 4.71. The first-order valence-electron chi connectivity index (χ1n) is 6.85. The number of thioether (sulfide) groups is 1. The first kappa shape index (κ1) is 15.6. The van der Waals surface area contributed by atoms with Gasteiger partial charge in [-0.2, -0.15) is 0 Å². The zero-order chi connectivity index (χ0) is 14.5. The van der Waals surface area contributed by atoms with Gasteiger partial charge < -0.3 is 4.90 Å². The Kier molecular flexibility index (Phi) is 5.73. The van der Waals surface area contributed by atoms with Gasteiger partial charge in [0.15, 0.2) is 0 Å². The molecule has 1 aliphatic rings. The van der Waals surface area contributed by atoms with Crippen molar-refractivity contribution in [1.29, 1.82) is 0 Å². The van der Waals surface area contributed by atoms with Crippen molar-refractivity contribution in [2.24, 2.45) is 5.92 Å². The summed E-state index contributed by atoms with van der Waals surface area (Å²) in [6.45, 7) is 3.89. The quantitative estimate of drug-likeness (QED) is 0.838. The maximum atomic E-state index is 13.6. The van der Waals surface area contributed by atoms with Gasteiger partial charge in [-0.15, -0.1) is 11.8 Å². The fraction of sp³-hybridized carbons (Fsp3) is 0.533. The van der Waals surface area contributed by atoms with Crippen LogP contribution in [0.15, 0.2) is 18.2 Å². The number of carbonyl (C=O) groups excluding carboxylic acids is 1. The normalized spacial score (nSPS) is 19.1. The third-order valence-electron chi connectivity index (χ3n) is 3.51. The molecule has 1 unspecified atom stereocenters. The van der Waals surface area contributed by atoms with Crippen LogP contribution in [0.2, 0.25) is 5.02 Å². The second-order valence-electron chi connectivity index (χ2n) is 5.32. The lowest BCUT2D eigenvalue weighted by molar-refractivity contribution is -0.130. The Morgan fingerprint density at radius 3 is 3.05 bits per heavy atom. The highest BCUT2D eigenvalue weighted by Crippen LogP contribution is 2.21. The first-order chi connectivity index (χ1) is 9.56. The number of carbonyl (C=O) groups is 1. The predicted octanol–water partition coefficient (Wildman–Crippen LogP) is 3.97. The lowest BCUT2D eigenvalue weighted by Crippen LogP contribution is -2.40. The molecule has 0 N–H and O–H groups in total. The number of piperidine rings is 1. The van der Waals surface area contributed by atoms with E-state index in [0.29, 0.717) is 28.0 Å². The molecule has 1 atom stereocenters. The molecule has 1 heterocycles. The summed E-state index contributed by atoms with van der Waals surface area (Å²) in [7, 11) is 0. The van der Waals surface area contributed by atoms with E-state index in [0.717, 1.165) is 19.5 Å². The van der Waals surface area contributed by atoms with Crippen molar-refractivity contribution < 1.29 is 9.18 Å². The lowest BCUT2D eigenvalue weighted by atomic mass is 10.0. The number of nitrogens with zero attached hydrogens (tertiary/aromatic N) is 1. The van der Waals surface area contributed by atoms with Crippen LogP contribution in [0.25, 0.3) is 0 Å².